The van der Waals surface area contributed by atoms with Crippen LogP contribution in [0.5, 0.6) is 0 Å². The molecule has 0 unspecified atom stereocenters. The van der Waals surface area contributed by atoms with Crippen molar-refractivity contribution in [3.8, 4) is 0 Å². The molecule has 1 atom stereocenters. The zero-order valence-corrected chi connectivity index (χ0v) is 15.4. The summed E-state index contributed by atoms with van der Waals surface area (Å²) < 4.78 is 61.9. The van der Waals surface area contributed by atoms with Gasteiger partial charge in [-0.05, 0) is 13.8 Å². The SMILES string of the molecule is CCOP(=O)(OCC)[C@H](NC(=O)c1cc([N+](=O)[O-])cc([N+](=O)[O-])c1)C(F)(F)F. The lowest BCUT2D eigenvalue weighted by Crippen LogP contribution is -2.46. The molecule has 0 fully saturated rings. The normalized spacial score (nSPS) is 13.0. The van der Waals surface area contributed by atoms with Crippen molar-refractivity contribution in [3.05, 3.63) is 44.0 Å². The number of nitrogens with zero attached hydrogens (tertiary/aromatic N) is 2. The number of hydrogen-bond acceptors (Lipinski definition) is 8. The van der Waals surface area contributed by atoms with E-state index in [4.69, 9.17) is 0 Å². The van der Waals surface area contributed by atoms with Crippen molar-refractivity contribution in [2.24, 2.45) is 0 Å². The first-order valence-electron chi connectivity index (χ1n) is 7.56. The first-order chi connectivity index (χ1) is 12.9. The monoisotopic (exact) mass is 429 g/mol. The third-order valence-electron chi connectivity index (χ3n) is 3.10. The average molecular weight is 429 g/mol. The lowest BCUT2D eigenvalue weighted by molar-refractivity contribution is -0.394. The van der Waals surface area contributed by atoms with Crippen LogP contribution < -0.4 is 5.32 Å². The third-order valence-corrected chi connectivity index (χ3v) is 5.39. The molecule has 0 bridgehead atoms. The predicted octanol–water partition coefficient (Wildman–Crippen LogP) is 3.39. The van der Waals surface area contributed by atoms with Crippen molar-refractivity contribution in [1.82, 2.24) is 5.32 Å². The second kappa shape index (κ2) is 9.08. The van der Waals surface area contributed by atoms with Crippen LogP contribution in [0, 0.1) is 20.2 Å². The Morgan fingerprint density at radius 1 is 1.11 bits per heavy atom. The number of carbonyl (C=O) groups excluding carboxylic acids is 1. The van der Waals surface area contributed by atoms with Crippen LogP contribution in [0.3, 0.4) is 0 Å². The molecule has 0 saturated heterocycles. The van der Waals surface area contributed by atoms with Gasteiger partial charge in [-0.15, -0.1) is 0 Å². The van der Waals surface area contributed by atoms with Gasteiger partial charge in [0.2, 0.25) is 5.78 Å². The Kier molecular flexibility index (Phi) is 7.61. The van der Waals surface area contributed by atoms with Crippen LogP contribution in [0.4, 0.5) is 24.5 Å². The molecule has 1 aromatic rings. The summed E-state index contributed by atoms with van der Waals surface area (Å²) in [5.41, 5.74) is -2.59. The summed E-state index contributed by atoms with van der Waals surface area (Å²) in [7, 11) is -4.91. The lowest BCUT2D eigenvalue weighted by atomic mass is 10.1. The van der Waals surface area contributed by atoms with Crippen LogP contribution in [-0.4, -0.2) is 40.9 Å². The molecule has 0 aliphatic carbocycles. The fourth-order valence-electron chi connectivity index (χ4n) is 2.03. The molecule has 0 saturated carbocycles. The number of non-ortho nitro benzene ring substituents is 2. The molecule has 0 aliphatic rings. The zero-order chi connectivity index (χ0) is 21.7. The van der Waals surface area contributed by atoms with Crippen molar-refractivity contribution < 1.29 is 41.4 Å². The second-order valence-corrected chi connectivity index (χ2v) is 7.16. The summed E-state index contributed by atoms with van der Waals surface area (Å²) in [5, 5.41) is 23.1. The van der Waals surface area contributed by atoms with E-state index in [1.165, 1.54) is 19.2 Å². The van der Waals surface area contributed by atoms with Crippen LogP contribution >= 0.6 is 7.60 Å². The highest BCUT2D eigenvalue weighted by atomic mass is 31.2. The molecule has 1 aromatic carbocycles. The fraction of sp³-hybridized carbons (Fsp3) is 0.462. The molecule has 0 aliphatic heterocycles. The van der Waals surface area contributed by atoms with E-state index >= 15 is 0 Å². The van der Waals surface area contributed by atoms with Gasteiger partial charge in [0.05, 0.1) is 34.7 Å². The lowest BCUT2D eigenvalue weighted by Gasteiger charge is -2.28. The number of nitrogens with one attached hydrogen (secondary N) is 1. The van der Waals surface area contributed by atoms with Gasteiger partial charge in [-0.1, -0.05) is 0 Å². The van der Waals surface area contributed by atoms with E-state index in [2.05, 4.69) is 9.05 Å². The Bertz CT molecular complexity index is 774. The number of hydrogen-bond donors (Lipinski definition) is 1. The van der Waals surface area contributed by atoms with Gasteiger partial charge in [0.1, 0.15) is 0 Å². The zero-order valence-electron chi connectivity index (χ0n) is 14.5. The summed E-state index contributed by atoms with van der Waals surface area (Å²) in [6, 6.07) is 1.62. The fourth-order valence-corrected chi connectivity index (χ4v) is 3.76. The number of rotatable bonds is 9. The van der Waals surface area contributed by atoms with Crippen molar-refractivity contribution in [2.45, 2.75) is 25.8 Å². The Morgan fingerprint density at radius 2 is 1.54 bits per heavy atom. The minimum absolute atomic E-state index is 0.429. The van der Waals surface area contributed by atoms with Crippen molar-refractivity contribution in [2.75, 3.05) is 13.2 Å². The maximum Gasteiger partial charge on any atom is 0.420 e. The van der Waals surface area contributed by atoms with E-state index in [9.17, 15) is 42.8 Å². The van der Waals surface area contributed by atoms with Gasteiger partial charge < -0.3 is 14.4 Å². The molecular formula is C13H15F3N3O8P. The molecule has 0 spiro atoms. The van der Waals surface area contributed by atoms with Crippen molar-refractivity contribution >= 4 is 24.9 Å². The molecule has 15 heteroatoms. The molecule has 0 heterocycles. The summed E-state index contributed by atoms with van der Waals surface area (Å²) in [6.45, 7) is 1.65. The molecule has 1 rings (SSSR count). The van der Waals surface area contributed by atoms with Gasteiger partial charge in [0.25, 0.3) is 17.3 Å². The van der Waals surface area contributed by atoms with Crippen LogP contribution in [-0.2, 0) is 13.6 Å². The van der Waals surface area contributed by atoms with Crippen molar-refractivity contribution in [3.63, 3.8) is 0 Å². The summed E-state index contributed by atoms with van der Waals surface area (Å²) in [5.74, 6) is -4.68. The summed E-state index contributed by atoms with van der Waals surface area (Å²) in [4.78, 5) is 31.8. The van der Waals surface area contributed by atoms with Crippen LogP contribution in [0.2, 0.25) is 0 Å². The van der Waals surface area contributed by atoms with Gasteiger partial charge in [-0.3, -0.25) is 29.6 Å². The number of benzene rings is 1. The van der Waals surface area contributed by atoms with Crippen LogP contribution in [0.1, 0.15) is 24.2 Å². The largest absolute Gasteiger partial charge is 0.420 e. The molecular weight excluding hydrogens is 414 g/mol. The number of halogens is 3. The summed E-state index contributed by atoms with van der Waals surface area (Å²) in [6.07, 6.45) is -5.28. The molecule has 1 amide bonds. The number of nitro groups is 2. The van der Waals surface area contributed by atoms with Crippen LogP contribution in [0.25, 0.3) is 0 Å². The molecule has 11 nitrogen and oxygen atoms in total. The molecule has 28 heavy (non-hydrogen) atoms. The first kappa shape index (κ1) is 23.5. The number of carbonyl (C=O) groups is 1. The van der Waals surface area contributed by atoms with Crippen LogP contribution in [0.15, 0.2) is 18.2 Å². The minimum Gasteiger partial charge on any atom is -0.330 e. The third kappa shape index (κ3) is 5.71. The number of amides is 1. The van der Waals surface area contributed by atoms with Gasteiger partial charge >= 0.3 is 13.8 Å². The molecule has 0 radical (unpaired) electrons. The van der Waals surface area contributed by atoms with Gasteiger partial charge in [-0.25, -0.2) is 0 Å². The highest BCUT2D eigenvalue weighted by Crippen LogP contribution is 2.56. The van der Waals surface area contributed by atoms with E-state index < -0.39 is 65.5 Å². The standard InChI is InChI=1S/C13H15F3N3O8P/c1-3-26-28(25,27-4-2)12(13(14,15)16)17-11(20)8-5-9(18(21)22)7-10(6-8)19(23)24/h5-7,12H,3-4H2,1-2H3,(H,17,20)/t12-/m0/s1. The van der Waals surface area contributed by atoms with Gasteiger partial charge in [-0.2, -0.15) is 13.2 Å². The topological polar surface area (TPSA) is 151 Å². The Labute approximate surface area is 155 Å². The smallest absolute Gasteiger partial charge is 0.330 e. The highest BCUT2D eigenvalue weighted by molar-refractivity contribution is 7.54. The first-order valence-corrected chi connectivity index (χ1v) is 9.17. The number of alkyl halides is 3. The number of nitro benzene ring substituents is 2. The maximum absolute atomic E-state index is 13.4. The Hall–Kier alpha value is -2.57. The van der Waals surface area contributed by atoms with E-state index in [1.54, 1.807) is 0 Å². The molecule has 0 aromatic heterocycles. The van der Waals surface area contributed by atoms with E-state index in [0.29, 0.717) is 18.2 Å². The average Bonchev–Trinajstić information content (AvgIpc) is 2.58. The van der Waals surface area contributed by atoms with E-state index in [1.807, 2.05) is 0 Å². The Balaban J connectivity index is 3.38. The predicted molar refractivity (Wildman–Crippen MR) is 87.9 cm³/mol. The van der Waals surface area contributed by atoms with Gasteiger partial charge in [0.15, 0.2) is 0 Å². The molecule has 1 N–H and O–H groups in total. The molecule has 156 valence electrons. The van der Waals surface area contributed by atoms with E-state index in [0.717, 1.165) is 0 Å². The highest BCUT2D eigenvalue weighted by Gasteiger charge is 2.55. The van der Waals surface area contributed by atoms with E-state index in [-0.39, 0.29) is 0 Å². The second-order valence-electron chi connectivity index (χ2n) is 5.05. The summed E-state index contributed by atoms with van der Waals surface area (Å²) >= 11 is 0. The Morgan fingerprint density at radius 3 is 1.86 bits per heavy atom. The minimum atomic E-state index is -5.28. The quantitative estimate of drug-likeness (QED) is 0.356. The maximum atomic E-state index is 13.4. The van der Waals surface area contributed by atoms with Crippen molar-refractivity contribution in [1.29, 1.82) is 0 Å². The van der Waals surface area contributed by atoms with Gasteiger partial charge in [0, 0.05) is 12.1 Å².